The van der Waals surface area contributed by atoms with Crippen LogP contribution >= 0.6 is 0 Å². The van der Waals surface area contributed by atoms with E-state index < -0.39 is 0 Å². The van der Waals surface area contributed by atoms with Crippen molar-refractivity contribution in [2.45, 2.75) is 0 Å². The van der Waals surface area contributed by atoms with E-state index in [9.17, 15) is 5.26 Å². The molecule has 0 atom stereocenters. The highest BCUT2D eigenvalue weighted by Crippen LogP contribution is 2.45. The fraction of sp³-hybridized carbons (Fsp3) is 0. The SMILES string of the molecule is N#Cc1c(-n2c3ccccc3c3ccccc32)cc(-n2c3ccccc3c3ccccc32)c2oc3c(-c4cc(-c5ccccc5)nc(-c5ccccc5)n4)cccc3c12. The molecule has 6 heteroatoms. The van der Waals surface area contributed by atoms with Gasteiger partial charge in [-0.1, -0.05) is 146 Å². The third-order valence-electron chi connectivity index (χ3n) is 11.6. The summed E-state index contributed by atoms with van der Waals surface area (Å²) >= 11 is 0. The third-order valence-corrected chi connectivity index (χ3v) is 11.6. The number of benzene rings is 8. The lowest BCUT2D eigenvalue weighted by Crippen LogP contribution is -2.02. The maximum Gasteiger partial charge on any atom is 0.160 e. The van der Waals surface area contributed by atoms with E-state index in [1.807, 2.05) is 60.7 Å². The molecule has 4 heterocycles. The zero-order chi connectivity index (χ0) is 39.0. The lowest BCUT2D eigenvalue weighted by Gasteiger charge is -2.15. The molecule has 0 N–H and O–H groups in total. The van der Waals surface area contributed by atoms with Crippen molar-refractivity contribution in [1.82, 2.24) is 19.1 Å². The molecule has 0 unspecified atom stereocenters. The van der Waals surface area contributed by atoms with Gasteiger partial charge < -0.3 is 13.6 Å². The quantitative estimate of drug-likeness (QED) is 0.175. The van der Waals surface area contributed by atoms with Crippen LogP contribution in [0.15, 0.2) is 192 Å². The molecular weight excluding hydrogens is 723 g/mol. The minimum atomic E-state index is 0.532. The number of hydrogen-bond donors (Lipinski definition) is 0. The van der Waals surface area contributed by atoms with Crippen LogP contribution in [0.5, 0.6) is 0 Å². The van der Waals surface area contributed by atoms with Gasteiger partial charge in [-0.25, -0.2) is 9.97 Å². The second kappa shape index (κ2) is 12.9. The fourth-order valence-corrected chi connectivity index (χ4v) is 9.02. The normalized spacial score (nSPS) is 11.7. The summed E-state index contributed by atoms with van der Waals surface area (Å²) in [5.74, 6) is 0.618. The molecule has 12 aromatic rings. The molecule has 0 aliphatic rings. The molecule has 0 fully saturated rings. The van der Waals surface area contributed by atoms with Crippen LogP contribution in [0.1, 0.15) is 5.56 Å². The van der Waals surface area contributed by atoms with Gasteiger partial charge in [-0.15, -0.1) is 0 Å². The molecule has 8 aromatic carbocycles. The Balaban J connectivity index is 1.23. The number of para-hydroxylation sites is 5. The van der Waals surface area contributed by atoms with Crippen LogP contribution in [0, 0.1) is 11.3 Å². The smallest absolute Gasteiger partial charge is 0.160 e. The summed E-state index contributed by atoms with van der Waals surface area (Å²) in [6.45, 7) is 0. The lowest BCUT2D eigenvalue weighted by molar-refractivity contribution is 0.667. The predicted octanol–water partition coefficient (Wildman–Crippen LogP) is 13.4. The number of nitriles is 1. The molecule has 0 amide bonds. The fourth-order valence-electron chi connectivity index (χ4n) is 9.02. The third kappa shape index (κ3) is 4.92. The van der Waals surface area contributed by atoms with Crippen molar-refractivity contribution in [3.05, 3.63) is 194 Å². The highest BCUT2D eigenvalue weighted by molar-refractivity contribution is 6.18. The van der Waals surface area contributed by atoms with Gasteiger partial charge in [0.15, 0.2) is 11.4 Å². The average molecular weight is 754 g/mol. The predicted molar refractivity (Wildman–Crippen MR) is 239 cm³/mol. The van der Waals surface area contributed by atoms with Crippen molar-refractivity contribution < 1.29 is 4.42 Å². The molecule has 0 spiro atoms. The second-order valence-corrected chi connectivity index (χ2v) is 14.8. The Kier molecular flexibility index (Phi) is 7.19. The highest BCUT2D eigenvalue weighted by atomic mass is 16.3. The Morgan fingerprint density at radius 2 is 0.898 bits per heavy atom. The number of hydrogen-bond acceptors (Lipinski definition) is 4. The Bertz CT molecular complexity index is 3520. The molecule has 0 radical (unpaired) electrons. The van der Waals surface area contributed by atoms with Gasteiger partial charge in [0, 0.05) is 43.6 Å². The number of rotatable bonds is 5. The Morgan fingerprint density at radius 3 is 1.46 bits per heavy atom. The summed E-state index contributed by atoms with van der Waals surface area (Å²) in [5, 5.41) is 17.5. The van der Waals surface area contributed by atoms with Crippen molar-refractivity contribution in [2.75, 3.05) is 0 Å². The molecule has 6 nitrogen and oxygen atoms in total. The number of nitrogens with zero attached hydrogens (tertiary/aromatic N) is 5. The molecule has 0 saturated heterocycles. The van der Waals surface area contributed by atoms with Gasteiger partial charge in [-0.05, 0) is 42.5 Å². The lowest BCUT2D eigenvalue weighted by atomic mass is 10.0. The molecular formula is C53H31N5O. The van der Waals surface area contributed by atoms with E-state index in [1.54, 1.807) is 0 Å². The van der Waals surface area contributed by atoms with Gasteiger partial charge in [-0.2, -0.15) is 5.26 Å². The van der Waals surface area contributed by atoms with E-state index in [2.05, 4.69) is 143 Å². The van der Waals surface area contributed by atoms with Crippen molar-refractivity contribution in [1.29, 1.82) is 5.26 Å². The summed E-state index contributed by atoms with van der Waals surface area (Å²) in [6.07, 6.45) is 0. The molecule has 274 valence electrons. The molecule has 59 heavy (non-hydrogen) atoms. The van der Waals surface area contributed by atoms with Crippen molar-refractivity contribution in [3.8, 4) is 51.3 Å². The molecule has 4 aromatic heterocycles. The van der Waals surface area contributed by atoms with Crippen LogP contribution in [0.3, 0.4) is 0 Å². The van der Waals surface area contributed by atoms with Crippen LogP contribution in [0.4, 0.5) is 0 Å². The van der Waals surface area contributed by atoms with Crippen LogP contribution < -0.4 is 0 Å². The van der Waals surface area contributed by atoms with Crippen LogP contribution in [-0.4, -0.2) is 19.1 Å². The summed E-state index contributed by atoms with van der Waals surface area (Å²) < 4.78 is 11.8. The first-order valence-electron chi connectivity index (χ1n) is 19.6. The first kappa shape index (κ1) is 32.9. The maximum atomic E-state index is 11.4. The van der Waals surface area contributed by atoms with Gasteiger partial charge in [0.05, 0.1) is 55.8 Å². The average Bonchev–Trinajstić information content (AvgIpc) is 3.97. The number of aromatic nitrogens is 4. The van der Waals surface area contributed by atoms with E-state index >= 15 is 0 Å². The maximum absolute atomic E-state index is 11.4. The summed E-state index contributed by atoms with van der Waals surface area (Å²) in [6, 6.07) is 67.1. The first-order chi connectivity index (χ1) is 29.2. The van der Waals surface area contributed by atoms with Crippen LogP contribution in [0.2, 0.25) is 0 Å². The molecule has 0 aliphatic heterocycles. The van der Waals surface area contributed by atoms with Crippen molar-refractivity contribution in [2.24, 2.45) is 0 Å². The molecule has 0 bridgehead atoms. The molecule has 0 saturated carbocycles. The Hall–Kier alpha value is -8.27. The molecule has 12 rings (SSSR count). The summed E-state index contributed by atoms with van der Waals surface area (Å²) in [5.41, 5.74) is 11.8. The monoisotopic (exact) mass is 753 g/mol. The first-order valence-corrected chi connectivity index (χ1v) is 19.6. The number of fused-ring (bicyclic) bond motifs is 9. The van der Waals surface area contributed by atoms with Crippen molar-refractivity contribution in [3.63, 3.8) is 0 Å². The zero-order valence-corrected chi connectivity index (χ0v) is 31.5. The van der Waals surface area contributed by atoms with E-state index in [0.29, 0.717) is 22.6 Å². The van der Waals surface area contributed by atoms with Gasteiger partial charge in [0.2, 0.25) is 0 Å². The van der Waals surface area contributed by atoms with Gasteiger partial charge in [0.25, 0.3) is 0 Å². The minimum Gasteiger partial charge on any atom is -0.453 e. The van der Waals surface area contributed by atoms with Crippen LogP contribution in [-0.2, 0) is 0 Å². The number of furan rings is 1. The Morgan fingerprint density at radius 1 is 0.424 bits per heavy atom. The Labute approximate surface area is 338 Å². The van der Waals surface area contributed by atoms with Crippen molar-refractivity contribution >= 4 is 65.6 Å². The van der Waals surface area contributed by atoms with E-state index in [4.69, 9.17) is 14.4 Å². The largest absolute Gasteiger partial charge is 0.453 e. The van der Waals surface area contributed by atoms with Gasteiger partial charge in [0.1, 0.15) is 11.7 Å². The zero-order valence-electron chi connectivity index (χ0n) is 31.5. The van der Waals surface area contributed by atoms with E-state index in [-0.39, 0.29) is 0 Å². The second-order valence-electron chi connectivity index (χ2n) is 14.8. The van der Waals surface area contributed by atoms with E-state index in [0.717, 1.165) is 93.8 Å². The van der Waals surface area contributed by atoms with Gasteiger partial charge >= 0.3 is 0 Å². The molecule has 0 aliphatic carbocycles. The summed E-state index contributed by atoms with van der Waals surface area (Å²) in [7, 11) is 0. The topological polar surface area (TPSA) is 72.6 Å². The van der Waals surface area contributed by atoms with E-state index in [1.165, 1.54) is 0 Å². The highest BCUT2D eigenvalue weighted by Gasteiger charge is 2.27. The van der Waals surface area contributed by atoms with Gasteiger partial charge in [-0.3, -0.25) is 0 Å². The summed E-state index contributed by atoms with van der Waals surface area (Å²) in [4.78, 5) is 10.3. The van der Waals surface area contributed by atoms with Crippen LogP contribution in [0.25, 0.3) is 111 Å². The minimum absolute atomic E-state index is 0.532. The standard InChI is InChI=1S/C53H31N5O/c54-32-41-48(57-44-26-11-7-20-35(44)36-21-8-12-27-45(36)57)31-49(58-46-28-13-9-22-37(46)38-23-10-14-29-47(38)58)52-50(41)40-25-15-24-39(51(40)59-52)43-30-42(33-16-3-1-4-17-33)55-53(56-43)34-18-5-2-6-19-34/h1-31H.